The van der Waals surface area contributed by atoms with Crippen LogP contribution in [0.15, 0.2) is 36.8 Å². The maximum absolute atomic E-state index is 12.8. The molecule has 1 aromatic carbocycles. The summed E-state index contributed by atoms with van der Waals surface area (Å²) in [6.45, 7) is 0.340. The number of aromatic nitrogens is 3. The topological polar surface area (TPSA) is 92.0 Å². The van der Waals surface area contributed by atoms with Crippen LogP contribution in [0.4, 0.5) is 4.53 Å². The number of halogens is 1. The van der Waals surface area contributed by atoms with Crippen molar-refractivity contribution < 1.29 is 19.0 Å². The molecule has 0 unspecified atom stereocenters. The predicted octanol–water partition coefficient (Wildman–Crippen LogP) is 4.15. The second-order valence-corrected chi connectivity index (χ2v) is 7.07. The summed E-state index contributed by atoms with van der Waals surface area (Å²) in [5.41, 5.74) is 3.58. The molecular weight excluding hydrogens is 375 g/mol. The van der Waals surface area contributed by atoms with E-state index in [4.69, 9.17) is 0 Å². The smallest absolute Gasteiger partial charge is 0.253 e. The highest BCUT2D eigenvalue weighted by Crippen LogP contribution is 2.27. The second kappa shape index (κ2) is 10.7. The molecule has 0 spiro atoms. The highest BCUT2D eigenvalue weighted by molar-refractivity contribution is 6.07. The van der Waals surface area contributed by atoms with Crippen LogP contribution in [-0.2, 0) is 9.68 Å². The summed E-state index contributed by atoms with van der Waals surface area (Å²) in [4.78, 5) is 19.1. The van der Waals surface area contributed by atoms with Crippen LogP contribution in [0, 0.1) is 0 Å². The predicted molar refractivity (Wildman–Crippen MR) is 109 cm³/mol. The van der Waals surface area contributed by atoms with Gasteiger partial charge in [0.15, 0.2) is 0 Å². The lowest BCUT2D eigenvalue weighted by Crippen LogP contribution is -2.36. The quantitative estimate of drug-likeness (QED) is 0.540. The molecule has 1 amide bonds. The number of fused-ring (bicyclic) bond motifs is 1. The van der Waals surface area contributed by atoms with Gasteiger partial charge in [0.05, 0.1) is 23.9 Å². The number of carbonyl (C=O) groups excluding carboxylic acids is 1. The van der Waals surface area contributed by atoms with E-state index >= 15 is 0 Å². The fourth-order valence-electron chi connectivity index (χ4n) is 3.55. The number of hydrogen-bond donors (Lipinski definition) is 3. The molecule has 1 aliphatic carbocycles. The Kier molecular flexibility index (Phi) is 7.77. The number of ether oxygens (including phenoxy) is 1. The van der Waals surface area contributed by atoms with Crippen molar-refractivity contribution in [2.45, 2.75) is 38.1 Å². The Hall–Kier alpha value is -2.71. The minimum absolute atomic E-state index is 0.00898. The largest absolute Gasteiger partial charge is 0.382 e. The highest BCUT2D eigenvalue weighted by Gasteiger charge is 2.19. The van der Waals surface area contributed by atoms with Crippen molar-refractivity contribution in [2.24, 2.45) is 0 Å². The highest BCUT2D eigenvalue weighted by atomic mass is 19.3. The van der Waals surface area contributed by atoms with Gasteiger partial charge in [-0.25, -0.2) is 0 Å². The van der Waals surface area contributed by atoms with Crippen LogP contribution in [-0.4, -0.2) is 47.5 Å². The summed E-state index contributed by atoms with van der Waals surface area (Å²) < 4.78 is 15.0. The van der Waals surface area contributed by atoms with Gasteiger partial charge in [0.25, 0.3) is 5.91 Å². The molecule has 1 fully saturated rings. The minimum atomic E-state index is 0.00898. The summed E-state index contributed by atoms with van der Waals surface area (Å²) >= 11 is 0. The number of methoxy groups -OCH3 is 1. The van der Waals surface area contributed by atoms with Crippen LogP contribution in [0.1, 0.15) is 42.5 Å². The van der Waals surface area contributed by atoms with E-state index in [2.05, 4.69) is 36.2 Å². The lowest BCUT2D eigenvalue weighted by atomic mass is 9.95. The van der Waals surface area contributed by atoms with Crippen molar-refractivity contribution in [2.75, 3.05) is 20.3 Å². The van der Waals surface area contributed by atoms with Gasteiger partial charge in [0.1, 0.15) is 6.61 Å². The molecule has 0 radical (unpaired) electrons. The van der Waals surface area contributed by atoms with Crippen molar-refractivity contribution in [1.82, 2.24) is 20.5 Å². The third kappa shape index (κ3) is 5.65. The van der Waals surface area contributed by atoms with E-state index in [-0.39, 0.29) is 12.5 Å². The molecule has 156 valence electrons. The molecule has 2 heterocycles. The lowest BCUT2D eigenvalue weighted by molar-refractivity contribution is -0.143. The average molecular weight is 402 g/mol. The number of nitrogens with zero attached hydrogens (tertiary/aromatic N) is 1. The van der Waals surface area contributed by atoms with Crippen LogP contribution >= 0.6 is 0 Å². The third-order valence-electron chi connectivity index (χ3n) is 5.04. The molecule has 0 saturated heterocycles. The fraction of sp³-hybridized carbons (Fsp3) is 0.429. The van der Waals surface area contributed by atoms with E-state index < -0.39 is 0 Å². The molecule has 4 rings (SSSR count). The number of benzene rings is 1. The maximum Gasteiger partial charge on any atom is 0.253 e. The Balaban J connectivity index is 0.000000353. The van der Waals surface area contributed by atoms with E-state index in [1.54, 1.807) is 6.20 Å². The Morgan fingerprint density at radius 1 is 1.24 bits per heavy atom. The number of nitrogens with one attached hydrogen (secondary N) is 3. The number of H-pyrrole nitrogens is 2. The van der Waals surface area contributed by atoms with Crippen molar-refractivity contribution in [3.63, 3.8) is 0 Å². The minimum Gasteiger partial charge on any atom is -0.382 e. The maximum atomic E-state index is 12.8. The zero-order chi connectivity index (χ0) is 20.5. The molecular formula is C21H27FN4O3. The third-order valence-corrected chi connectivity index (χ3v) is 5.04. The Labute approximate surface area is 168 Å². The molecule has 0 aliphatic heterocycles. The number of aromatic amines is 2. The molecule has 29 heavy (non-hydrogen) atoms. The summed E-state index contributed by atoms with van der Waals surface area (Å²) in [7, 11) is 1.49. The fourth-order valence-corrected chi connectivity index (χ4v) is 3.55. The van der Waals surface area contributed by atoms with Crippen LogP contribution in [0.2, 0.25) is 0 Å². The van der Waals surface area contributed by atoms with Gasteiger partial charge >= 0.3 is 0 Å². The van der Waals surface area contributed by atoms with Crippen LogP contribution in [0.3, 0.4) is 0 Å². The van der Waals surface area contributed by atoms with E-state index in [0.717, 1.165) is 34.9 Å². The molecule has 3 aromatic rings. The number of hydrogen-bond acceptors (Lipinski definition) is 4. The Bertz CT molecular complexity index is 885. The van der Waals surface area contributed by atoms with Gasteiger partial charge in [-0.3, -0.25) is 9.89 Å². The average Bonchev–Trinajstić information content (AvgIpc) is 3.44. The van der Waals surface area contributed by atoms with Gasteiger partial charge in [-0.05, 0) is 41.1 Å². The lowest BCUT2D eigenvalue weighted by Gasteiger charge is -2.23. The first-order valence-corrected chi connectivity index (χ1v) is 9.86. The summed E-state index contributed by atoms with van der Waals surface area (Å²) in [5, 5.41) is 11.1. The monoisotopic (exact) mass is 402 g/mol. The molecule has 2 aromatic heterocycles. The molecule has 1 saturated carbocycles. The van der Waals surface area contributed by atoms with E-state index in [1.807, 2.05) is 24.5 Å². The molecule has 0 atom stereocenters. The first-order valence-electron chi connectivity index (χ1n) is 9.86. The standard InChI is InChI=1S/C18H20N4O.C3H7FO2/c23-18(22-15-4-2-1-3-5-15)16-9-13(14-10-20-21-11-14)8-12-6-7-19-17(12)16;1-5-2-3-6-4/h6-11,15,19H,1-5H2,(H,20,21)(H,22,23);2-3H2,1H3. The van der Waals surface area contributed by atoms with E-state index in [1.165, 1.54) is 26.4 Å². The zero-order valence-corrected chi connectivity index (χ0v) is 16.5. The van der Waals surface area contributed by atoms with Crippen LogP contribution in [0.5, 0.6) is 0 Å². The SMILES string of the molecule is COCCOF.O=C(NC1CCCCC1)c1cc(-c2cn[nH]c2)cc2cc[nH]c12. The van der Waals surface area contributed by atoms with Crippen molar-refractivity contribution in [3.8, 4) is 11.1 Å². The summed E-state index contributed by atoms with van der Waals surface area (Å²) in [6, 6.07) is 6.32. The van der Waals surface area contributed by atoms with Gasteiger partial charge < -0.3 is 15.0 Å². The summed E-state index contributed by atoms with van der Waals surface area (Å²) in [6.07, 6.45) is 11.4. The number of carbonyl (C=O) groups is 1. The molecule has 7 nitrogen and oxygen atoms in total. The molecule has 3 N–H and O–H groups in total. The van der Waals surface area contributed by atoms with Gasteiger partial charge in [-0.2, -0.15) is 10.0 Å². The first kappa shape index (κ1) is 21.0. The van der Waals surface area contributed by atoms with Crippen LogP contribution in [0.25, 0.3) is 22.0 Å². The Morgan fingerprint density at radius 2 is 2.07 bits per heavy atom. The molecule has 1 aliphatic rings. The van der Waals surface area contributed by atoms with Gasteiger partial charge in [-0.1, -0.05) is 19.3 Å². The number of rotatable bonds is 6. The Morgan fingerprint density at radius 3 is 2.72 bits per heavy atom. The summed E-state index contributed by atoms with van der Waals surface area (Å²) in [5.74, 6) is 0.00898. The van der Waals surface area contributed by atoms with Crippen molar-refractivity contribution >= 4 is 16.8 Å². The van der Waals surface area contributed by atoms with Crippen LogP contribution < -0.4 is 5.32 Å². The first-order chi connectivity index (χ1) is 14.2. The molecule has 0 bridgehead atoms. The van der Waals surface area contributed by atoms with Gasteiger partial charge in [-0.15, -0.1) is 0 Å². The van der Waals surface area contributed by atoms with E-state index in [0.29, 0.717) is 18.2 Å². The normalized spacial score (nSPS) is 14.4. The molecule has 8 heteroatoms. The second-order valence-electron chi connectivity index (χ2n) is 7.07. The van der Waals surface area contributed by atoms with E-state index in [9.17, 15) is 9.32 Å². The van der Waals surface area contributed by atoms with Crippen molar-refractivity contribution in [1.29, 1.82) is 0 Å². The zero-order valence-electron chi connectivity index (χ0n) is 16.5. The van der Waals surface area contributed by atoms with Gasteiger partial charge in [0, 0.05) is 36.5 Å². The number of amides is 1. The van der Waals surface area contributed by atoms with Gasteiger partial charge in [0.2, 0.25) is 0 Å². The van der Waals surface area contributed by atoms with Crippen molar-refractivity contribution in [3.05, 3.63) is 42.4 Å².